The van der Waals surface area contributed by atoms with Crippen LogP contribution in [0, 0.1) is 30.3 Å². The maximum absolute atomic E-state index is 11.0. The second-order valence-corrected chi connectivity index (χ2v) is 5.40. The maximum Gasteiger partial charge on any atom is 0.301 e. The van der Waals surface area contributed by atoms with E-state index >= 15 is 0 Å². The molecule has 0 unspecified atom stereocenters. The second kappa shape index (κ2) is 7.44. The zero-order valence-electron chi connectivity index (χ0n) is 12.2. The van der Waals surface area contributed by atoms with Crippen molar-refractivity contribution in [1.82, 2.24) is 0 Å². The molecule has 128 valence electrons. The SMILES string of the molecule is O=[N+]([O-])c1ccc(/C=N\Nc2ccc([N+](=O)[O-])cc2[N+](=O)[O-])c(Br)c1. The van der Waals surface area contributed by atoms with Crippen LogP contribution in [0.25, 0.3) is 0 Å². The van der Waals surface area contributed by atoms with Crippen molar-refractivity contribution in [1.29, 1.82) is 0 Å². The van der Waals surface area contributed by atoms with E-state index in [1.807, 2.05) is 0 Å². The molecule has 0 saturated heterocycles. The van der Waals surface area contributed by atoms with Gasteiger partial charge in [0, 0.05) is 28.2 Å². The van der Waals surface area contributed by atoms with E-state index in [0.29, 0.717) is 10.0 Å². The topological polar surface area (TPSA) is 154 Å². The predicted octanol–water partition coefficient (Wildman–Crippen LogP) is 3.62. The largest absolute Gasteiger partial charge is 0.301 e. The molecule has 25 heavy (non-hydrogen) atoms. The molecule has 0 aliphatic rings. The number of benzene rings is 2. The molecule has 0 spiro atoms. The number of hydrogen-bond donors (Lipinski definition) is 1. The maximum atomic E-state index is 11.0. The third-order valence-corrected chi connectivity index (χ3v) is 3.66. The highest BCUT2D eigenvalue weighted by atomic mass is 79.9. The summed E-state index contributed by atoms with van der Waals surface area (Å²) in [5.74, 6) is 0. The molecule has 0 aromatic heterocycles. The Bertz CT molecular complexity index is 900. The lowest BCUT2D eigenvalue weighted by Crippen LogP contribution is -1.99. The van der Waals surface area contributed by atoms with Crippen LogP contribution in [0.2, 0.25) is 0 Å². The molecule has 0 fully saturated rings. The highest BCUT2D eigenvalue weighted by Gasteiger charge is 2.19. The second-order valence-electron chi connectivity index (χ2n) is 4.55. The van der Waals surface area contributed by atoms with Crippen molar-refractivity contribution in [3.8, 4) is 0 Å². The van der Waals surface area contributed by atoms with E-state index in [1.54, 1.807) is 0 Å². The summed E-state index contributed by atoms with van der Waals surface area (Å²) in [5, 5.41) is 36.2. The smallest absolute Gasteiger partial charge is 0.272 e. The highest BCUT2D eigenvalue weighted by molar-refractivity contribution is 9.10. The summed E-state index contributed by atoms with van der Waals surface area (Å²) >= 11 is 3.16. The van der Waals surface area contributed by atoms with Gasteiger partial charge in [-0.3, -0.25) is 35.8 Å². The molecule has 0 saturated carbocycles. The van der Waals surface area contributed by atoms with Crippen LogP contribution in [0.5, 0.6) is 0 Å². The molecule has 11 nitrogen and oxygen atoms in total. The first kappa shape index (κ1) is 17.9. The number of anilines is 1. The van der Waals surface area contributed by atoms with Gasteiger partial charge in [-0.05, 0) is 28.1 Å². The molecule has 12 heteroatoms. The van der Waals surface area contributed by atoms with E-state index in [0.717, 1.165) is 12.1 Å². The van der Waals surface area contributed by atoms with Crippen molar-refractivity contribution in [3.05, 3.63) is 76.8 Å². The van der Waals surface area contributed by atoms with Crippen LogP contribution >= 0.6 is 15.9 Å². The molecule has 0 radical (unpaired) electrons. The zero-order valence-corrected chi connectivity index (χ0v) is 13.7. The first-order chi connectivity index (χ1) is 11.8. The van der Waals surface area contributed by atoms with Crippen molar-refractivity contribution in [2.75, 3.05) is 5.43 Å². The highest BCUT2D eigenvalue weighted by Crippen LogP contribution is 2.29. The molecule has 1 N–H and O–H groups in total. The first-order valence-electron chi connectivity index (χ1n) is 6.45. The fraction of sp³-hybridized carbons (Fsp3) is 0. The van der Waals surface area contributed by atoms with Gasteiger partial charge in [-0.15, -0.1) is 0 Å². The molecule has 2 aromatic rings. The third-order valence-electron chi connectivity index (χ3n) is 2.97. The van der Waals surface area contributed by atoms with Gasteiger partial charge in [0.1, 0.15) is 5.69 Å². The van der Waals surface area contributed by atoms with E-state index < -0.39 is 26.1 Å². The van der Waals surface area contributed by atoms with Gasteiger partial charge in [-0.25, -0.2) is 0 Å². The molecule has 0 aliphatic carbocycles. The normalized spacial score (nSPS) is 10.6. The molecular formula is C13H8BrN5O6. The van der Waals surface area contributed by atoms with Crippen LogP contribution in [-0.4, -0.2) is 21.0 Å². The quantitative estimate of drug-likeness (QED) is 0.433. The van der Waals surface area contributed by atoms with E-state index in [4.69, 9.17) is 0 Å². The fourth-order valence-corrected chi connectivity index (χ4v) is 2.25. The molecule has 2 aromatic carbocycles. The van der Waals surface area contributed by atoms with E-state index in [-0.39, 0.29) is 11.4 Å². The third kappa shape index (κ3) is 4.32. The summed E-state index contributed by atoms with van der Waals surface area (Å²) < 4.78 is 0.408. The number of rotatable bonds is 6. The monoisotopic (exact) mass is 409 g/mol. The van der Waals surface area contributed by atoms with Crippen LogP contribution in [0.4, 0.5) is 22.7 Å². The number of hydrogen-bond acceptors (Lipinski definition) is 8. The van der Waals surface area contributed by atoms with Crippen molar-refractivity contribution in [2.24, 2.45) is 5.10 Å². The minimum absolute atomic E-state index is 0.0371. The van der Waals surface area contributed by atoms with Crippen LogP contribution in [0.1, 0.15) is 5.56 Å². The number of nitrogens with zero attached hydrogens (tertiary/aromatic N) is 4. The van der Waals surface area contributed by atoms with Gasteiger partial charge in [0.05, 0.1) is 27.1 Å². The van der Waals surface area contributed by atoms with E-state index in [1.165, 1.54) is 30.5 Å². The summed E-state index contributed by atoms with van der Waals surface area (Å²) in [5.41, 5.74) is 1.84. The predicted molar refractivity (Wildman–Crippen MR) is 91.8 cm³/mol. The first-order valence-corrected chi connectivity index (χ1v) is 7.24. The Labute approximate surface area is 147 Å². The number of hydrazone groups is 1. The number of nitrogens with one attached hydrogen (secondary N) is 1. The van der Waals surface area contributed by atoms with Gasteiger partial charge in [0.2, 0.25) is 0 Å². The average Bonchev–Trinajstić information content (AvgIpc) is 2.55. The molecule has 0 amide bonds. The van der Waals surface area contributed by atoms with E-state index in [2.05, 4.69) is 26.5 Å². The lowest BCUT2D eigenvalue weighted by Gasteiger charge is -2.02. The number of nitro benzene ring substituents is 3. The Morgan fingerprint density at radius 2 is 1.52 bits per heavy atom. The summed E-state index contributed by atoms with van der Waals surface area (Å²) in [4.78, 5) is 30.3. The van der Waals surface area contributed by atoms with Crippen LogP contribution < -0.4 is 5.43 Å². The van der Waals surface area contributed by atoms with Gasteiger partial charge in [0.15, 0.2) is 0 Å². The van der Waals surface area contributed by atoms with Crippen LogP contribution in [0.15, 0.2) is 46.0 Å². The minimum Gasteiger partial charge on any atom is -0.272 e. The van der Waals surface area contributed by atoms with Crippen molar-refractivity contribution < 1.29 is 14.8 Å². The Balaban J connectivity index is 2.23. The van der Waals surface area contributed by atoms with Crippen LogP contribution in [-0.2, 0) is 0 Å². The lowest BCUT2D eigenvalue weighted by atomic mass is 10.2. The van der Waals surface area contributed by atoms with Crippen molar-refractivity contribution in [3.63, 3.8) is 0 Å². The molecular weight excluding hydrogens is 402 g/mol. The van der Waals surface area contributed by atoms with E-state index in [9.17, 15) is 30.3 Å². The summed E-state index contributed by atoms with van der Waals surface area (Å²) in [6.45, 7) is 0. The Hall–Kier alpha value is -3.41. The standard InChI is InChI=1S/C13H8BrN5O6/c14-11-5-9(17(20)21)2-1-8(11)7-15-16-12-4-3-10(18(22)23)6-13(12)19(24)25/h1-7,16H/b15-7-. The van der Waals surface area contributed by atoms with Gasteiger partial charge in [-0.1, -0.05) is 0 Å². The molecule has 0 bridgehead atoms. The summed E-state index contributed by atoms with van der Waals surface area (Å²) in [6, 6.07) is 7.10. The summed E-state index contributed by atoms with van der Waals surface area (Å²) in [7, 11) is 0. The fourth-order valence-electron chi connectivity index (χ4n) is 1.78. The zero-order chi connectivity index (χ0) is 18.6. The van der Waals surface area contributed by atoms with Gasteiger partial charge < -0.3 is 0 Å². The molecule has 0 heterocycles. The summed E-state index contributed by atoms with van der Waals surface area (Å²) in [6.07, 6.45) is 1.29. The minimum atomic E-state index is -0.771. The average molecular weight is 410 g/mol. The Kier molecular flexibility index (Phi) is 5.34. The van der Waals surface area contributed by atoms with Gasteiger partial charge >= 0.3 is 5.69 Å². The van der Waals surface area contributed by atoms with Crippen LogP contribution in [0.3, 0.4) is 0 Å². The van der Waals surface area contributed by atoms with Crippen molar-refractivity contribution >= 4 is 44.9 Å². The van der Waals surface area contributed by atoms with Crippen molar-refractivity contribution in [2.45, 2.75) is 0 Å². The van der Waals surface area contributed by atoms with Gasteiger partial charge in [0.25, 0.3) is 11.4 Å². The van der Waals surface area contributed by atoms with Gasteiger partial charge in [-0.2, -0.15) is 5.10 Å². The lowest BCUT2D eigenvalue weighted by molar-refractivity contribution is -0.393. The molecule has 0 atom stereocenters. The number of nitro groups is 3. The number of non-ortho nitro benzene ring substituents is 2. The molecule has 0 aliphatic heterocycles. The molecule has 2 rings (SSSR count). The number of halogens is 1. The Morgan fingerprint density at radius 1 is 0.920 bits per heavy atom. The Morgan fingerprint density at radius 3 is 2.08 bits per heavy atom.